The summed E-state index contributed by atoms with van der Waals surface area (Å²) in [4.78, 5) is 16.3. The van der Waals surface area contributed by atoms with Gasteiger partial charge in [0.05, 0.1) is 13.7 Å². The normalized spacial score (nSPS) is 11.8. The molecule has 1 rings (SSSR count). The number of likely N-dealkylation sites (N-methyl/N-ethyl adjacent to an activating group) is 1. The first-order chi connectivity index (χ1) is 14.5. The van der Waals surface area contributed by atoms with Crippen LogP contribution in [0, 0.1) is 0 Å². The Labute approximate surface area is 205 Å². The molecule has 0 fully saturated rings. The maximum Gasteiger partial charge on any atom is 0.257 e. The fraction of sp³-hybridized carbons (Fsp3) is 0.652. The monoisotopic (exact) mass is 548 g/mol. The summed E-state index contributed by atoms with van der Waals surface area (Å²) in [7, 11) is 1.59. The first kappa shape index (κ1) is 29.3. The number of aliphatic imine (C=N–C) groups is 1. The van der Waals surface area contributed by atoms with Gasteiger partial charge in [-0.3, -0.25) is 4.79 Å². The van der Waals surface area contributed by atoms with E-state index in [-0.39, 0.29) is 36.5 Å². The van der Waals surface area contributed by atoms with Gasteiger partial charge in [0.25, 0.3) is 5.91 Å². The molecule has 1 aromatic carbocycles. The SMILES string of the molecule is CCCCCCC(C)NC(=NCc1ccc(OCC(=O)NCC)c(OC)c1)NCC.I. The van der Waals surface area contributed by atoms with Gasteiger partial charge in [0, 0.05) is 19.1 Å². The van der Waals surface area contributed by atoms with Crippen molar-refractivity contribution in [1.29, 1.82) is 0 Å². The van der Waals surface area contributed by atoms with Crippen LogP contribution in [0.2, 0.25) is 0 Å². The molecule has 0 radical (unpaired) electrons. The number of unbranched alkanes of at least 4 members (excludes halogenated alkanes) is 3. The molecule has 0 saturated heterocycles. The van der Waals surface area contributed by atoms with E-state index in [2.05, 4.69) is 36.7 Å². The molecule has 31 heavy (non-hydrogen) atoms. The largest absolute Gasteiger partial charge is 0.493 e. The summed E-state index contributed by atoms with van der Waals surface area (Å²) in [6, 6.07) is 6.03. The number of methoxy groups -OCH3 is 1. The standard InChI is InChI=1S/C23H40N4O3.HI/c1-6-9-10-11-12-18(4)27-23(25-8-3)26-16-19-13-14-20(21(15-19)29-5)30-17-22(28)24-7-2;/h13-15,18H,6-12,16-17H2,1-5H3,(H,24,28)(H2,25,26,27);1H. The van der Waals surface area contributed by atoms with Crippen LogP contribution in [-0.2, 0) is 11.3 Å². The van der Waals surface area contributed by atoms with Crippen molar-refractivity contribution in [2.45, 2.75) is 72.4 Å². The highest BCUT2D eigenvalue weighted by atomic mass is 127. The molecule has 1 atom stereocenters. The molecule has 0 aliphatic heterocycles. The Balaban J connectivity index is 0.00000900. The number of carbonyl (C=O) groups excluding carboxylic acids is 1. The zero-order valence-corrected chi connectivity index (χ0v) is 22.1. The van der Waals surface area contributed by atoms with Gasteiger partial charge in [0.15, 0.2) is 24.1 Å². The second-order valence-electron chi connectivity index (χ2n) is 7.32. The third-order valence-electron chi connectivity index (χ3n) is 4.60. The molecule has 0 aliphatic rings. The molecule has 0 aliphatic carbocycles. The molecule has 0 bridgehead atoms. The van der Waals surface area contributed by atoms with Gasteiger partial charge in [-0.25, -0.2) is 4.99 Å². The van der Waals surface area contributed by atoms with Crippen molar-refractivity contribution in [2.24, 2.45) is 4.99 Å². The van der Waals surface area contributed by atoms with Crippen LogP contribution in [0.15, 0.2) is 23.2 Å². The van der Waals surface area contributed by atoms with E-state index in [1.807, 2.05) is 25.1 Å². The van der Waals surface area contributed by atoms with Crippen molar-refractivity contribution in [3.8, 4) is 11.5 Å². The van der Waals surface area contributed by atoms with Crippen LogP contribution in [0.1, 0.15) is 65.4 Å². The summed E-state index contributed by atoms with van der Waals surface area (Å²) in [6.45, 7) is 10.2. The number of guanidine groups is 1. The first-order valence-electron chi connectivity index (χ1n) is 11.1. The number of rotatable bonds is 14. The van der Waals surface area contributed by atoms with Gasteiger partial charge >= 0.3 is 0 Å². The minimum Gasteiger partial charge on any atom is -0.493 e. The number of benzene rings is 1. The van der Waals surface area contributed by atoms with Gasteiger partial charge in [-0.15, -0.1) is 24.0 Å². The molecular weight excluding hydrogens is 507 g/mol. The lowest BCUT2D eigenvalue weighted by molar-refractivity contribution is -0.123. The number of halogens is 1. The second-order valence-corrected chi connectivity index (χ2v) is 7.32. The van der Waals surface area contributed by atoms with Crippen LogP contribution in [0.5, 0.6) is 11.5 Å². The maximum atomic E-state index is 11.6. The highest BCUT2D eigenvalue weighted by Gasteiger charge is 2.09. The van der Waals surface area contributed by atoms with E-state index in [0.717, 1.165) is 24.5 Å². The number of amides is 1. The van der Waals surface area contributed by atoms with Crippen LogP contribution in [0.25, 0.3) is 0 Å². The van der Waals surface area contributed by atoms with E-state index in [1.54, 1.807) is 7.11 Å². The predicted molar refractivity (Wildman–Crippen MR) is 139 cm³/mol. The number of hydrogen-bond acceptors (Lipinski definition) is 4. The molecule has 178 valence electrons. The smallest absolute Gasteiger partial charge is 0.257 e. The van der Waals surface area contributed by atoms with Crippen molar-refractivity contribution in [1.82, 2.24) is 16.0 Å². The van der Waals surface area contributed by atoms with E-state index in [4.69, 9.17) is 14.5 Å². The fourth-order valence-electron chi connectivity index (χ4n) is 2.99. The molecule has 0 heterocycles. The van der Waals surface area contributed by atoms with Gasteiger partial charge in [0.1, 0.15) is 0 Å². The Morgan fingerprint density at radius 1 is 1.06 bits per heavy atom. The van der Waals surface area contributed by atoms with Crippen molar-refractivity contribution in [2.75, 3.05) is 26.8 Å². The molecule has 1 unspecified atom stereocenters. The number of hydrogen-bond donors (Lipinski definition) is 3. The van der Waals surface area contributed by atoms with Gasteiger partial charge in [-0.05, 0) is 44.9 Å². The minimum atomic E-state index is -0.154. The van der Waals surface area contributed by atoms with Crippen LogP contribution in [0.4, 0.5) is 0 Å². The lowest BCUT2D eigenvalue weighted by Crippen LogP contribution is -2.42. The molecule has 8 heteroatoms. The zero-order valence-electron chi connectivity index (χ0n) is 19.8. The lowest BCUT2D eigenvalue weighted by Gasteiger charge is -2.18. The molecule has 7 nitrogen and oxygen atoms in total. The predicted octanol–water partition coefficient (Wildman–Crippen LogP) is 4.24. The van der Waals surface area contributed by atoms with Gasteiger partial charge in [-0.1, -0.05) is 38.7 Å². The van der Waals surface area contributed by atoms with E-state index in [0.29, 0.717) is 30.6 Å². The molecular formula is C23H41IN4O3. The molecule has 1 aromatic rings. The summed E-state index contributed by atoms with van der Waals surface area (Å²) in [5.41, 5.74) is 1.00. The second kappa shape index (κ2) is 17.9. The van der Waals surface area contributed by atoms with Crippen LogP contribution in [0.3, 0.4) is 0 Å². The van der Waals surface area contributed by atoms with Crippen LogP contribution < -0.4 is 25.4 Å². The summed E-state index contributed by atoms with van der Waals surface area (Å²) >= 11 is 0. The van der Waals surface area contributed by atoms with Crippen molar-refractivity contribution in [3.05, 3.63) is 23.8 Å². The zero-order chi connectivity index (χ0) is 22.2. The van der Waals surface area contributed by atoms with E-state index in [1.165, 1.54) is 25.7 Å². The first-order valence-corrected chi connectivity index (χ1v) is 11.1. The lowest BCUT2D eigenvalue weighted by atomic mass is 10.1. The summed E-state index contributed by atoms with van der Waals surface area (Å²) in [5.74, 6) is 1.80. The highest BCUT2D eigenvalue weighted by Crippen LogP contribution is 2.28. The average Bonchev–Trinajstić information content (AvgIpc) is 2.74. The maximum absolute atomic E-state index is 11.6. The Morgan fingerprint density at radius 3 is 2.45 bits per heavy atom. The molecule has 1 amide bonds. The number of carbonyl (C=O) groups is 1. The van der Waals surface area contributed by atoms with E-state index in [9.17, 15) is 4.79 Å². The quantitative estimate of drug-likeness (QED) is 0.140. The third kappa shape index (κ3) is 12.7. The van der Waals surface area contributed by atoms with Gasteiger partial charge in [-0.2, -0.15) is 0 Å². The van der Waals surface area contributed by atoms with Crippen LogP contribution in [-0.4, -0.2) is 44.7 Å². The Hall–Kier alpha value is -1.71. The van der Waals surface area contributed by atoms with Gasteiger partial charge < -0.3 is 25.4 Å². The fourth-order valence-corrected chi connectivity index (χ4v) is 2.99. The molecule has 0 saturated carbocycles. The summed E-state index contributed by atoms with van der Waals surface area (Å²) in [6.07, 6.45) is 6.20. The topological polar surface area (TPSA) is 84.0 Å². The summed E-state index contributed by atoms with van der Waals surface area (Å²) in [5, 5.41) is 9.50. The van der Waals surface area contributed by atoms with Crippen LogP contribution >= 0.6 is 24.0 Å². The number of nitrogens with zero attached hydrogens (tertiary/aromatic N) is 1. The minimum absolute atomic E-state index is 0. The highest BCUT2D eigenvalue weighted by molar-refractivity contribution is 14.0. The van der Waals surface area contributed by atoms with E-state index >= 15 is 0 Å². The van der Waals surface area contributed by atoms with E-state index < -0.39 is 0 Å². The summed E-state index contributed by atoms with van der Waals surface area (Å²) < 4.78 is 11.0. The number of ether oxygens (including phenoxy) is 2. The molecule has 0 aromatic heterocycles. The molecule has 0 spiro atoms. The Morgan fingerprint density at radius 2 is 1.81 bits per heavy atom. The number of nitrogens with one attached hydrogen (secondary N) is 3. The van der Waals surface area contributed by atoms with Gasteiger partial charge in [0.2, 0.25) is 0 Å². The third-order valence-corrected chi connectivity index (χ3v) is 4.60. The Bertz CT molecular complexity index is 656. The molecule has 3 N–H and O–H groups in total. The Kier molecular flexibility index (Phi) is 16.9. The van der Waals surface area contributed by atoms with Crippen molar-refractivity contribution in [3.63, 3.8) is 0 Å². The average molecular weight is 549 g/mol. The van der Waals surface area contributed by atoms with Crippen molar-refractivity contribution >= 4 is 35.8 Å². The van der Waals surface area contributed by atoms with Crippen molar-refractivity contribution < 1.29 is 14.3 Å².